The fraction of sp³-hybridized carbons (Fsp3) is 0.0833. The second-order valence-electron chi connectivity index (χ2n) is 7.60. The van der Waals surface area contributed by atoms with Gasteiger partial charge in [-0.3, -0.25) is 9.69 Å². The molecule has 0 spiro atoms. The first-order chi connectivity index (χ1) is 16.5. The first-order valence-electron chi connectivity index (χ1n) is 10.3. The molecule has 1 amide bonds. The number of nitrogens with one attached hydrogen (secondary N) is 1. The number of amides is 1. The molecular weight excluding hydrogens is 462 g/mol. The van der Waals surface area contributed by atoms with E-state index >= 15 is 0 Å². The van der Waals surface area contributed by atoms with Crippen LogP contribution in [0.2, 0.25) is 5.02 Å². The van der Waals surface area contributed by atoms with Gasteiger partial charge < -0.3 is 5.32 Å². The van der Waals surface area contributed by atoms with Crippen molar-refractivity contribution in [3.63, 3.8) is 0 Å². The van der Waals surface area contributed by atoms with Crippen LogP contribution in [0.3, 0.4) is 0 Å². The van der Waals surface area contributed by atoms with Crippen molar-refractivity contribution in [1.82, 2.24) is 20.2 Å². The number of tetrazole rings is 1. The second kappa shape index (κ2) is 9.03. The quantitative estimate of drug-likeness (QED) is 0.450. The Kier molecular flexibility index (Phi) is 5.77. The summed E-state index contributed by atoms with van der Waals surface area (Å²) in [6.07, 6.45) is 1.97. The Bertz CT molecular complexity index is 1370. The van der Waals surface area contributed by atoms with Gasteiger partial charge in [0.1, 0.15) is 12.6 Å². The molecule has 5 rings (SSSR count). The number of anilines is 2. The fourth-order valence-corrected chi connectivity index (χ4v) is 3.92. The predicted molar refractivity (Wildman–Crippen MR) is 124 cm³/mol. The van der Waals surface area contributed by atoms with Crippen LogP contribution in [0.5, 0.6) is 0 Å². The van der Waals surface area contributed by atoms with Gasteiger partial charge in [0.2, 0.25) is 5.91 Å². The molecule has 0 fully saturated rings. The van der Waals surface area contributed by atoms with E-state index in [2.05, 4.69) is 20.8 Å². The van der Waals surface area contributed by atoms with E-state index in [4.69, 9.17) is 11.6 Å². The largest absolute Gasteiger partial charge is 0.324 e. The number of aromatic nitrogens is 4. The summed E-state index contributed by atoms with van der Waals surface area (Å²) in [7, 11) is 0. The highest BCUT2D eigenvalue weighted by molar-refractivity contribution is 6.30. The first-order valence-corrected chi connectivity index (χ1v) is 10.7. The minimum atomic E-state index is -1.05. The number of hydrogen-bond donors (Lipinski definition) is 1. The third-order valence-corrected chi connectivity index (χ3v) is 5.63. The van der Waals surface area contributed by atoms with E-state index in [0.29, 0.717) is 11.0 Å². The van der Waals surface area contributed by atoms with E-state index in [9.17, 15) is 13.6 Å². The monoisotopic (exact) mass is 478 g/mol. The summed E-state index contributed by atoms with van der Waals surface area (Å²) in [6, 6.07) is 19.7. The van der Waals surface area contributed by atoms with Crippen LogP contribution in [-0.4, -0.2) is 32.7 Å². The Hall–Kier alpha value is -4.11. The van der Waals surface area contributed by atoms with Gasteiger partial charge >= 0.3 is 0 Å². The summed E-state index contributed by atoms with van der Waals surface area (Å²) in [5, 5.41) is 15.3. The molecule has 3 aromatic carbocycles. The topological polar surface area (TPSA) is 75.9 Å². The van der Waals surface area contributed by atoms with Crippen molar-refractivity contribution >= 4 is 34.8 Å². The van der Waals surface area contributed by atoms with Gasteiger partial charge in [0.05, 0.1) is 5.70 Å². The van der Waals surface area contributed by atoms with Crippen molar-refractivity contribution in [3.05, 3.63) is 107 Å². The standard InChI is InChI=1S/C24H17ClF2N6O/c25-17-8-6-16(7-9-17)22-13-21(15-4-2-1-3-5-15)32(24-29-30-31-33(22)24)14-23(34)28-18-10-11-19(26)20(27)12-18/h1-13,22H,14H2,(H,28,34)/t22-/m0/s1. The SMILES string of the molecule is O=C(CN1C(c2ccccc2)=C[C@@H](c2ccc(Cl)cc2)n2nnnc21)Nc1ccc(F)c(F)c1. The van der Waals surface area contributed by atoms with Crippen LogP contribution in [0.4, 0.5) is 20.4 Å². The van der Waals surface area contributed by atoms with E-state index in [1.807, 2.05) is 48.5 Å². The van der Waals surface area contributed by atoms with Crippen LogP contribution in [0.15, 0.2) is 78.9 Å². The normalized spacial score (nSPS) is 15.0. The van der Waals surface area contributed by atoms with Crippen LogP contribution in [0, 0.1) is 11.6 Å². The summed E-state index contributed by atoms with van der Waals surface area (Å²) in [5.74, 6) is -2.12. The van der Waals surface area contributed by atoms with Gasteiger partial charge in [-0.05, 0) is 51.9 Å². The Labute approximate surface area is 198 Å². The number of carbonyl (C=O) groups excluding carboxylic acids is 1. The van der Waals surface area contributed by atoms with Crippen molar-refractivity contribution < 1.29 is 13.6 Å². The molecule has 0 aliphatic carbocycles. The summed E-state index contributed by atoms with van der Waals surface area (Å²) < 4.78 is 28.4. The molecule has 1 aliphatic heterocycles. The zero-order chi connectivity index (χ0) is 23.7. The van der Waals surface area contributed by atoms with Gasteiger partial charge in [-0.2, -0.15) is 4.68 Å². The number of fused-ring (bicyclic) bond motifs is 1. The van der Waals surface area contributed by atoms with Gasteiger partial charge in [0.25, 0.3) is 5.95 Å². The van der Waals surface area contributed by atoms with Crippen LogP contribution in [0.25, 0.3) is 5.70 Å². The highest BCUT2D eigenvalue weighted by Gasteiger charge is 2.32. The van der Waals surface area contributed by atoms with E-state index in [1.165, 1.54) is 6.07 Å². The van der Waals surface area contributed by atoms with Crippen molar-refractivity contribution in [2.45, 2.75) is 6.04 Å². The molecule has 34 heavy (non-hydrogen) atoms. The maximum atomic E-state index is 13.6. The van der Waals surface area contributed by atoms with Gasteiger partial charge in [0, 0.05) is 16.8 Å². The van der Waals surface area contributed by atoms with Crippen molar-refractivity contribution in [3.8, 4) is 0 Å². The van der Waals surface area contributed by atoms with Crippen LogP contribution in [-0.2, 0) is 4.79 Å². The number of carbonyl (C=O) groups is 1. The molecule has 2 heterocycles. The number of hydrogen-bond acceptors (Lipinski definition) is 5. The zero-order valence-corrected chi connectivity index (χ0v) is 18.3. The molecular formula is C24H17ClF2N6O. The van der Waals surface area contributed by atoms with E-state index in [-0.39, 0.29) is 18.3 Å². The minimum absolute atomic E-state index is 0.143. The highest BCUT2D eigenvalue weighted by Crippen LogP contribution is 2.36. The first kappa shape index (κ1) is 21.7. The molecule has 0 bridgehead atoms. The average Bonchev–Trinajstić information content (AvgIpc) is 3.33. The summed E-state index contributed by atoms with van der Waals surface area (Å²) >= 11 is 6.06. The van der Waals surface area contributed by atoms with Gasteiger partial charge in [-0.1, -0.05) is 59.2 Å². The fourth-order valence-electron chi connectivity index (χ4n) is 3.80. The molecule has 1 aliphatic rings. The Morgan fingerprint density at radius 3 is 2.50 bits per heavy atom. The lowest BCUT2D eigenvalue weighted by Gasteiger charge is -2.32. The lowest BCUT2D eigenvalue weighted by atomic mass is 10.0. The van der Waals surface area contributed by atoms with Crippen molar-refractivity contribution in [2.75, 3.05) is 16.8 Å². The third kappa shape index (κ3) is 4.25. The van der Waals surface area contributed by atoms with Gasteiger partial charge in [0.15, 0.2) is 11.6 Å². The second-order valence-corrected chi connectivity index (χ2v) is 8.04. The van der Waals surface area contributed by atoms with Gasteiger partial charge in [-0.25, -0.2) is 8.78 Å². The van der Waals surface area contributed by atoms with Crippen LogP contribution < -0.4 is 10.2 Å². The van der Waals surface area contributed by atoms with Crippen LogP contribution >= 0.6 is 11.6 Å². The summed E-state index contributed by atoms with van der Waals surface area (Å²) in [4.78, 5) is 14.6. The molecule has 1 N–H and O–H groups in total. The molecule has 170 valence electrons. The highest BCUT2D eigenvalue weighted by atomic mass is 35.5. The molecule has 1 aromatic heterocycles. The predicted octanol–water partition coefficient (Wildman–Crippen LogP) is 4.69. The Balaban J connectivity index is 1.51. The summed E-state index contributed by atoms with van der Waals surface area (Å²) in [5.41, 5.74) is 2.64. The van der Waals surface area contributed by atoms with Crippen LogP contribution in [0.1, 0.15) is 17.2 Å². The lowest BCUT2D eigenvalue weighted by Crippen LogP contribution is -2.37. The number of benzene rings is 3. The minimum Gasteiger partial charge on any atom is -0.324 e. The molecule has 0 saturated carbocycles. The van der Waals surface area contributed by atoms with E-state index < -0.39 is 17.5 Å². The number of rotatable bonds is 5. The Morgan fingerprint density at radius 2 is 1.76 bits per heavy atom. The maximum Gasteiger partial charge on any atom is 0.251 e. The molecule has 0 saturated heterocycles. The Morgan fingerprint density at radius 1 is 1.00 bits per heavy atom. The number of allylic oxidation sites excluding steroid dienone is 1. The lowest BCUT2D eigenvalue weighted by molar-refractivity contribution is -0.114. The third-order valence-electron chi connectivity index (χ3n) is 5.37. The molecule has 7 nitrogen and oxygen atoms in total. The molecule has 0 unspecified atom stereocenters. The average molecular weight is 479 g/mol. The molecule has 0 radical (unpaired) electrons. The number of nitrogens with zero attached hydrogens (tertiary/aromatic N) is 5. The van der Waals surface area contributed by atoms with E-state index in [0.717, 1.165) is 29.0 Å². The zero-order valence-electron chi connectivity index (χ0n) is 17.6. The smallest absolute Gasteiger partial charge is 0.251 e. The summed E-state index contributed by atoms with van der Waals surface area (Å²) in [6.45, 7) is -0.159. The molecule has 4 aromatic rings. The molecule has 1 atom stereocenters. The molecule has 10 heteroatoms. The van der Waals surface area contributed by atoms with E-state index in [1.54, 1.807) is 21.7 Å². The number of halogens is 3. The maximum absolute atomic E-state index is 13.6. The van der Waals surface area contributed by atoms with Gasteiger partial charge in [-0.15, -0.1) is 0 Å². The van der Waals surface area contributed by atoms with Crippen molar-refractivity contribution in [1.29, 1.82) is 0 Å². The van der Waals surface area contributed by atoms with Crippen molar-refractivity contribution in [2.24, 2.45) is 0 Å².